The maximum absolute atomic E-state index is 13.9. The van der Waals surface area contributed by atoms with E-state index < -0.39 is 11.4 Å². The summed E-state index contributed by atoms with van der Waals surface area (Å²) in [6.45, 7) is 0. The van der Waals surface area contributed by atoms with E-state index in [0.717, 1.165) is 0 Å². The fourth-order valence-electron chi connectivity index (χ4n) is 2.62. The van der Waals surface area contributed by atoms with Gasteiger partial charge in [0.1, 0.15) is 17.1 Å². The van der Waals surface area contributed by atoms with E-state index >= 15 is 0 Å². The number of rotatable bonds is 4. The number of ether oxygens (including phenoxy) is 1. The zero-order valence-corrected chi connectivity index (χ0v) is 13.8. The number of halogens is 1. The zero-order chi connectivity index (χ0) is 18.0. The number of hydrogen-bond acceptors (Lipinski definition) is 4. The molecule has 0 bridgehead atoms. The monoisotopic (exact) mass is 341 g/mol. The SMILES string of the molecule is COc1ccc2c(CC(=O)N(C)c3ccccc3F)cc(=O)oc2c1. The summed E-state index contributed by atoms with van der Waals surface area (Å²) in [6.07, 6.45) is -0.0563. The van der Waals surface area contributed by atoms with E-state index in [0.29, 0.717) is 22.3 Å². The molecule has 6 heteroatoms. The highest BCUT2D eigenvalue weighted by Crippen LogP contribution is 2.24. The molecule has 3 rings (SSSR count). The van der Waals surface area contributed by atoms with Crippen molar-refractivity contribution >= 4 is 22.6 Å². The molecule has 0 saturated carbocycles. The Labute approximate surface area is 143 Å². The lowest BCUT2D eigenvalue weighted by Crippen LogP contribution is -2.29. The van der Waals surface area contributed by atoms with Crippen LogP contribution in [0.1, 0.15) is 5.56 Å². The van der Waals surface area contributed by atoms with Crippen LogP contribution in [-0.4, -0.2) is 20.1 Å². The molecule has 1 aromatic heterocycles. The molecule has 0 aliphatic carbocycles. The van der Waals surface area contributed by atoms with Gasteiger partial charge in [0.15, 0.2) is 0 Å². The Bertz CT molecular complexity index is 996. The minimum atomic E-state index is -0.558. The quantitative estimate of drug-likeness (QED) is 0.684. The zero-order valence-electron chi connectivity index (χ0n) is 13.8. The number of likely N-dealkylation sites (N-methyl/N-ethyl adjacent to an activating group) is 1. The number of carbonyl (C=O) groups excluding carboxylic acids is 1. The second-order valence-electron chi connectivity index (χ2n) is 5.53. The van der Waals surface area contributed by atoms with Crippen LogP contribution in [0.25, 0.3) is 11.0 Å². The topological polar surface area (TPSA) is 59.8 Å². The van der Waals surface area contributed by atoms with Crippen molar-refractivity contribution in [3.63, 3.8) is 0 Å². The van der Waals surface area contributed by atoms with Crippen LogP contribution < -0.4 is 15.3 Å². The van der Waals surface area contributed by atoms with Crippen molar-refractivity contribution in [2.24, 2.45) is 0 Å². The van der Waals surface area contributed by atoms with Gasteiger partial charge in [-0.25, -0.2) is 9.18 Å². The standard InChI is InChI=1S/C19H16FNO4/c1-21(16-6-4-3-5-15(16)20)18(22)9-12-10-19(23)25-17-11-13(24-2)7-8-14(12)17/h3-8,10-11H,9H2,1-2H3. The normalized spacial score (nSPS) is 10.7. The first-order valence-electron chi connectivity index (χ1n) is 7.61. The fraction of sp³-hybridized carbons (Fsp3) is 0.158. The van der Waals surface area contributed by atoms with Crippen LogP contribution in [0.2, 0.25) is 0 Å². The Hall–Kier alpha value is -3.15. The number of benzene rings is 2. The van der Waals surface area contributed by atoms with E-state index in [1.165, 1.54) is 37.3 Å². The minimum absolute atomic E-state index is 0.0563. The van der Waals surface area contributed by atoms with E-state index in [2.05, 4.69) is 0 Å². The molecule has 0 aliphatic rings. The predicted molar refractivity (Wildman–Crippen MR) is 92.6 cm³/mol. The number of hydrogen-bond donors (Lipinski definition) is 0. The van der Waals surface area contributed by atoms with Crippen LogP contribution in [0, 0.1) is 5.82 Å². The summed E-state index contributed by atoms with van der Waals surface area (Å²) in [7, 11) is 3.01. The molecule has 0 saturated heterocycles. The van der Waals surface area contributed by atoms with Crippen molar-refractivity contribution in [3.05, 3.63) is 70.3 Å². The minimum Gasteiger partial charge on any atom is -0.497 e. The van der Waals surface area contributed by atoms with Crippen LogP contribution in [0.5, 0.6) is 5.75 Å². The number of amides is 1. The Morgan fingerprint density at radius 2 is 1.96 bits per heavy atom. The molecule has 1 amide bonds. The Morgan fingerprint density at radius 3 is 2.68 bits per heavy atom. The molecule has 3 aromatic rings. The summed E-state index contributed by atoms with van der Waals surface area (Å²) in [5.41, 5.74) is 0.476. The Morgan fingerprint density at radius 1 is 1.20 bits per heavy atom. The van der Waals surface area contributed by atoms with E-state index in [9.17, 15) is 14.0 Å². The lowest BCUT2D eigenvalue weighted by molar-refractivity contribution is -0.117. The second-order valence-corrected chi connectivity index (χ2v) is 5.53. The highest BCUT2D eigenvalue weighted by molar-refractivity contribution is 5.96. The Balaban J connectivity index is 1.96. The van der Waals surface area contributed by atoms with Gasteiger partial charge in [0, 0.05) is 24.6 Å². The van der Waals surface area contributed by atoms with Crippen molar-refractivity contribution < 1.29 is 18.3 Å². The molecule has 1 heterocycles. The molecule has 0 fully saturated rings. The number of nitrogens with zero attached hydrogens (tertiary/aromatic N) is 1. The maximum Gasteiger partial charge on any atom is 0.336 e. The second kappa shape index (κ2) is 6.76. The third-order valence-corrected chi connectivity index (χ3v) is 3.97. The van der Waals surface area contributed by atoms with E-state index in [4.69, 9.17) is 9.15 Å². The van der Waals surface area contributed by atoms with E-state index in [-0.39, 0.29) is 18.0 Å². The van der Waals surface area contributed by atoms with Gasteiger partial charge < -0.3 is 14.1 Å². The van der Waals surface area contributed by atoms with Gasteiger partial charge in [-0.3, -0.25) is 4.79 Å². The van der Waals surface area contributed by atoms with Crippen LogP contribution in [-0.2, 0) is 11.2 Å². The predicted octanol–water partition coefficient (Wildman–Crippen LogP) is 3.15. The molecular formula is C19H16FNO4. The molecule has 2 aromatic carbocycles. The number of carbonyl (C=O) groups is 1. The van der Waals surface area contributed by atoms with Crippen molar-refractivity contribution in [1.29, 1.82) is 0 Å². The highest BCUT2D eigenvalue weighted by atomic mass is 19.1. The molecule has 0 atom stereocenters. The summed E-state index contributed by atoms with van der Waals surface area (Å²) in [5, 5.41) is 0.635. The van der Waals surface area contributed by atoms with E-state index in [1.807, 2.05) is 0 Å². The molecule has 0 spiro atoms. The highest BCUT2D eigenvalue weighted by Gasteiger charge is 2.17. The third kappa shape index (κ3) is 3.38. The third-order valence-electron chi connectivity index (χ3n) is 3.97. The average molecular weight is 341 g/mol. The first kappa shape index (κ1) is 16.7. The molecule has 0 unspecified atom stereocenters. The Kier molecular flexibility index (Phi) is 4.52. The number of methoxy groups -OCH3 is 1. The van der Waals surface area contributed by atoms with Crippen LogP contribution >= 0.6 is 0 Å². The first-order chi connectivity index (χ1) is 12.0. The van der Waals surface area contributed by atoms with Crippen molar-refractivity contribution in [2.45, 2.75) is 6.42 Å². The molecule has 0 aliphatic heterocycles. The summed E-state index contributed by atoms with van der Waals surface area (Å²) in [4.78, 5) is 25.6. The van der Waals surface area contributed by atoms with Gasteiger partial charge in [-0.05, 0) is 29.8 Å². The summed E-state index contributed by atoms with van der Waals surface area (Å²) in [6, 6.07) is 12.3. The lowest BCUT2D eigenvalue weighted by Gasteiger charge is -2.18. The van der Waals surface area contributed by atoms with Gasteiger partial charge in [-0.15, -0.1) is 0 Å². The first-order valence-corrected chi connectivity index (χ1v) is 7.61. The molecule has 25 heavy (non-hydrogen) atoms. The number of para-hydroxylation sites is 1. The number of fused-ring (bicyclic) bond motifs is 1. The van der Waals surface area contributed by atoms with Gasteiger partial charge in [-0.2, -0.15) is 0 Å². The summed E-state index contributed by atoms with van der Waals surface area (Å²) >= 11 is 0. The van der Waals surface area contributed by atoms with Crippen molar-refractivity contribution in [1.82, 2.24) is 0 Å². The smallest absolute Gasteiger partial charge is 0.336 e. The molecule has 128 valence electrons. The fourth-order valence-corrected chi connectivity index (χ4v) is 2.62. The largest absolute Gasteiger partial charge is 0.497 e. The van der Waals surface area contributed by atoms with Crippen molar-refractivity contribution in [2.75, 3.05) is 19.1 Å². The molecule has 0 N–H and O–H groups in total. The van der Waals surface area contributed by atoms with E-state index in [1.54, 1.807) is 30.3 Å². The van der Waals surface area contributed by atoms with Crippen LogP contribution in [0.4, 0.5) is 10.1 Å². The molecule has 0 radical (unpaired) electrons. The van der Waals surface area contributed by atoms with Gasteiger partial charge in [0.2, 0.25) is 5.91 Å². The summed E-state index contributed by atoms with van der Waals surface area (Å²) in [5.74, 6) is -0.282. The van der Waals surface area contributed by atoms with Crippen molar-refractivity contribution in [3.8, 4) is 5.75 Å². The maximum atomic E-state index is 13.9. The van der Waals surface area contributed by atoms with Gasteiger partial charge >= 0.3 is 5.63 Å². The van der Waals surface area contributed by atoms with Crippen LogP contribution in [0.15, 0.2) is 57.7 Å². The molecule has 5 nitrogen and oxygen atoms in total. The van der Waals surface area contributed by atoms with Gasteiger partial charge in [0.05, 0.1) is 19.2 Å². The average Bonchev–Trinajstić information content (AvgIpc) is 2.60. The van der Waals surface area contributed by atoms with Gasteiger partial charge in [-0.1, -0.05) is 12.1 Å². The van der Waals surface area contributed by atoms with Gasteiger partial charge in [0.25, 0.3) is 0 Å². The van der Waals surface area contributed by atoms with Crippen LogP contribution in [0.3, 0.4) is 0 Å². The summed E-state index contributed by atoms with van der Waals surface area (Å²) < 4.78 is 24.2. The lowest BCUT2D eigenvalue weighted by atomic mass is 10.1. The molecular weight excluding hydrogens is 325 g/mol. The number of anilines is 1.